The van der Waals surface area contributed by atoms with Crippen molar-refractivity contribution in [1.82, 2.24) is 14.8 Å². The average Bonchev–Trinajstić information content (AvgIpc) is 3.41. The average molecular weight is 420 g/mol. The van der Waals surface area contributed by atoms with E-state index in [1.54, 1.807) is 31.2 Å². The Balaban J connectivity index is 1.48. The highest BCUT2D eigenvalue weighted by atomic mass is 32.2. The smallest absolute Gasteiger partial charge is 0.249 e. The summed E-state index contributed by atoms with van der Waals surface area (Å²) in [5, 5.41) is 9.11. The molecule has 2 amide bonds. The van der Waals surface area contributed by atoms with Crippen LogP contribution in [0.25, 0.3) is 0 Å². The Labute approximate surface area is 169 Å². The lowest BCUT2D eigenvalue weighted by Crippen LogP contribution is -2.24. The van der Waals surface area contributed by atoms with E-state index in [9.17, 15) is 18.0 Å². The molecule has 1 aliphatic carbocycles. The molecule has 10 heteroatoms. The van der Waals surface area contributed by atoms with Gasteiger partial charge in [-0.3, -0.25) is 9.59 Å². The second-order valence-corrected chi connectivity index (χ2v) is 9.59. The molecule has 1 fully saturated rings. The van der Waals surface area contributed by atoms with Crippen LogP contribution in [0, 0.1) is 0 Å². The first-order valence-corrected chi connectivity index (χ1v) is 11.3. The molecule has 0 spiro atoms. The van der Waals surface area contributed by atoms with Crippen molar-refractivity contribution in [2.75, 3.05) is 16.4 Å². The normalized spacial score (nSPS) is 15.8. The van der Waals surface area contributed by atoms with Gasteiger partial charge in [0.2, 0.25) is 11.8 Å². The molecule has 156 valence electrons. The van der Waals surface area contributed by atoms with E-state index in [0.29, 0.717) is 24.2 Å². The fourth-order valence-corrected chi connectivity index (χ4v) is 5.15. The highest BCUT2D eigenvalue weighted by molar-refractivity contribution is 7.92. The van der Waals surface area contributed by atoms with Crippen LogP contribution in [0.1, 0.15) is 45.1 Å². The van der Waals surface area contributed by atoms with Crippen LogP contribution in [0.15, 0.2) is 36.9 Å². The number of hydrogen-bond acceptors (Lipinski definition) is 6. The van der Waals surface area contributed by atoms with Crippen molar-refractivity contribution in [3.8, 4) is 0 Å². The van der Waals surface area contributed by atoms with Gasteiger partial charge in [0.15, 0.2) is 9.84 Å². The van der Waals surface area contributed by atoms with E-state index in [2.05, 4.69) is 20.7 Å². The second kappa shape index (κ2) is 9.17. The van der Waals surface area contributed by atoms with Gasteiger partial charge in [-0.05, 0) is 44.0 Å². The van der Waals surface area contributed by atoms with E-state index in [4.69, 9.17) is 0 Å². The summed E-state index contributed by atoms with van der Waals surface area (Å²) in [4.78, 5) is 28.2. The summed E-state index contributed by atoms with van der Waals surface area (Å²) >= 11 is 0. The molecule has 1 aromatic carbocycles. The van der Waals surface area contributed by atoms with Gasteiger partial charge in [-0.2, -0.15) is 5.10 Å². The summed E-state index contributed by atoms with van der Waals surface area (Å²) in [7, 11) is -3.21. The standard InChI is InChI=1S/C19H25N5O4S/c1-14(24-13-20-12-21-24)19(26)23-16-8-6-15(7-9-16)22-18(25)10-11-29(27,28)17-4-2-3-5-17/h6-9,12-14,17H,2-5,10-11H2,1H3,(H,22,25)(H,23,26)/t14-/m1/s1. The molecule has 1 saturated carbocycles. The number of nitrogens with one attached hydrogen (secondary N) is 2. The predicted octanol–water partition coefficient (Wildman–Crippen LogP) is 2.16. The predicted molar refractivity (Wildman–Crippen MR) is 109 cm³/mol. The topological polar surface area (TPSA) is 123 Å². The zero-order valence-corrected chi connectivity index (χ0v) is 17.1. The molecule has 9 nitrogen and oxygen atoms in total. The fraction of sp³-hybridized carbons (Fsp3) is 0.474. The Hall–Kier alpha value is -2.75. The lowest BCUT2D eigenvalue weighted by Gasteiger charge is -2.13. The van der Waals surface area contributed by atoms with Gasteiger partial charge >= 0.3 is 0 Å². The van der Waals surface area contributed by atoms with E-state index in [1.165, 1.54) is 17.3 Å². The van der Waals surface area contributed by atoms with Crippen molar-refractivity contribution in [2.45, 2.75) is 50.3 Å². The van der Waals surface area contributed by atoms with Crippen molar-refractivity contribution in [1.29, 1.82) is 0 Å². The lowest BCUT2D eigenvalue weighted by atomic mass is 10.2. The fourth-order valence-electron chi connectivity index (χ4n) is 3.29. The van der Waals surface area contributed by atoms with E-state index < -0.39 is 15.9 Å². The monoisotopic (exact) mass is 419 g/mol. The quantitative estimate of drug-likeness (QED) is 0.676. The van der Waals surface area contributed by atoms with Crippen LogP contribution in [-0.2, 0) is 19.4 Å². The van der Waals surface area contributed by atoms with E-state index in [0.717, 1.165) is 12.8 Å². The number of nitrogens with zero attached hydrogens (tertiary/aromatic N) is 3. The minimum absolute atomic E-state index is 0.0628. The minimum Gasteiger partial charge on any atom is -0.326 e. The SMILES string of the molecule is C[C@H](C(=O)Nc1ccc(NC(=O)CCS(=O)(=O)C2CCCC2)cc1)n1cncn1. The molecule has 0 radical (unpaired) electrons. The van der Waals surface area contributed by atoms with Crippen molar-refractivity contribution in [3.05, 3.63) is 36.9 Å². The molecule has 0 saturated heterocycles. The van der Waals surface area contributed by atoms with Gasteiger partial charge in [-0.15, -0.1) is 0 Å². The summed E-state index contributed by atoms with van der Waals surface area (Å²) in [5.74, 6) is -0.717. The lowest BCUT2D eigenvalue weighted by molar-refractivity contribution is -0.119. The second-order valence-electron chi connectivity index (χ2n) is 7.19. The van der Waals surface area contributed by atoms with E-state index in [1.807, 2.05) is 0 Å². The van der Waals surface area contributed by atoms with Gasteiger partial charge in [-0.1, -0.05) is 12.8 Å². The third kappa shape index (κ3) is 5.63. The summed E-state index contributed by atoms with van der Waals surface area (Å²) < 4.78 is 25.9. The van der Waals surface area contributed by atoms with Crippen molar-refractivity contribution in [2.24, 2.45) is 0 Å². The Kier molecular flexibility index (Phi) is 6.63. The molecule has 0 bridgehead atoms. The Morgan fingerprint density at radius 3 is 2.34 bits per heavy atom. The summed E-state index contributed by atoms with van der Waals surface area (Å²) in [6, 6.07) is 6.12. The third-order valence-corrected chi connectivity index (χ3v) is 7.33. The number of benzene rings is 1. The molecule has 2 aromatic rings. The zero-order valence-electron chi connectivity index (χ0n) is 16.2. The molecule has 0 aliphatic heterocycles. The van der Waals surface area contributed by atoms with Gasteiger partial charge in [0.05, 0.1) is 11.0 Å². The molecule has 3 rings (SSSR count). The number of rotatable bonds is 8. The number of aromatic nitrogens is 3. The van der Waals surface area contributed by atoms with Crippen LogP contribution >= 0.6 is 0 Å². The first-order chi connectivity index (χ1) is 13.8. The highest BCUT2D eigenvalue weighted by Gasteiger charge is 2.28. The van der Waals surface area contributed by atoms with Crippen LogP contribution in [0.4, 0.5) is 11.4 Å². The molecule has 1 aliphatic rings. The maximum absolute atomic E-state index is 12.2. The van der Waals surface area contributed by atoms with Crippen molar-refractivity contribution in [3.63, 3.8) is 0 Å². The number of anilines is 2. The number of hydrogen-bond donors (Lipinski definition) is 2. The molecular weight excluding hydrogens is 394 g/mol. The number of carbonyl (C=O) groups excluding carboxylic acids is 2. The molecule has 1 heterocycles. The van der Waals surface area contributed by atoms with Gasteiger partial charge in [0.1, 0.15) is 18.7 Å². The van der Waals surface area contributed by atoms with Crippen LogP contribution in [0.5, 0.6) is 0 Å². The Bertz CT molecular complexity index is 935. The van der Waals surface area contributed by atoms with Gasteiger partial charge in [-0.25, -0.2) is 18.1 Å². The third-order valence-electron chi connectivity index (χ3n) is 5.07. The first-order valence-electron chi connectivity index (χ1n) is 9.61. The molecule has 0 unspecified atom stereocenters. The maximum Gasteiger partial charge on any atom is 0.249 e. The van der Waals surface area contributed by atoms with Crippen molar-refractivity contribution >= 4 is 33.0 Å². The summed E-state index contributed by atoms with van der Waals surface area (Å²) in [6.45, 7) is 1.71. The minimum atomic E-state index is -3.21. The molecule has 1 atom stereocenters. The largest absolute Gasteiger partial charge is 0.326 e. The van der Waals surface area contributed by atoms with Crippen LogP contribution < -0.4 is 10.6 Å². The zero-order chi connectivity index (χ0) is 20.9. The number of carbonyl (C=O) groups is 2. The number of sulfone groups is 1. The van der Waals surface area contributed by atoms with Gasteiger partial charge < -0.3 is 10.6 Å². The molecule has 29 heavy (non-hydrogen) atoms. The van der Waals surface area contributed by atoms with E-state index >= 15 is 0 Å². The number of amides is 2. The molecule has 2 N–H and O–H groups in total. The summed E-state index contributed by atoms with van der Waals surface area (Å²) in [6.07, 6.45) is 6.05. The Morgan fingerprint density at radius 1 is 1.14 bits per heavy atom. The molecule has 1 aromatic heterocycles. The van der Waals surface area contributed by atoms with Crippen LogP contribution in [-0.4, -0.2) is 46.0 Å². The Morgan fingerprint density at radius 2 is 1.76 bits per heavy atom. The summed E-state index contributed by atoms with van der Waals surface area (Å²) in [5.41, 5.74) is 1.11. The molecular formula is C19H25N5O4S. The highest BCUT2D eigenvalue weighted by Crippen LogP contribution is 2.25. The van der Waals surface area contributed by atoms with Crippen LogP contribution in [0.2, 0.25) is 0 Å². The first kappa shape index (κ1) is 21.0. The van der Waals surface area contributed by atoms with Gasteiger partial charge in [0.25, 0.3) is 0 Å². The van der Waals surface area contributed by atoms with Crippen molar-refractivity contribution < 1.29 is 18.0 Å². The van der Waals surface area contributed by atoms with Gasteiger partial charge in [0, 0.05) is 17.8 Å². The van der Waals surface area contributed by atoms with Crippen LogP contribution in [0.3, 0.4) is 0 Å². The van der Waals surface area contributed by atoms with E-state index in [-0.39, 0.29) is 29.2 Å². The maximum atomic E-state index is 12.2.